The SMILES string of the molecule is C#Cc1cccc(C(=O)Nc2cc(-c3ccc(NC(=O)c4ccccc4COCCNC(=O)OC(C)(C)C)cc3)nn2C)c1. The van der Waals surface area contributed by atoms with Crippen LogP contribution < -0.4 is 16.0 Å². The van der Waals surface area contributed by atoms with Crippen LogP contribution in [0.1, 0.15) is 52.6 Å². The van der Waals surface area contributed by atoms with Crippen molar-refractivity contribution < 1.29 is 23.9 Å². The van der Waals surface area contributed by atoms with Crippen molar-refractivity contribution in [3.63, 3.8) is 0 Å². The fraction of sp³-hybridized carbons (Fsp3) is 0.235. The molecule has 3 amide bonds. The molecule has 0 aliphatic heterocycles. The van der Waals surface area contributed by atoms with Gasteiger partial charge in [-0.1, -0.05) is 42.3 Å². The first-order valence-electron chi connectivity index (χ1n) is 14.0. The van der Waals surface area contributed by atoms with Crippen LogP contribution in [0.5, 0.6) is 0 Å². The van der Waals surface area contributed by atoms with Crippen molar-refractivity contribution in [2.75, 3.05) is 23.8 Å². The topological polar surface area (TPSA) is 124 Å². The first kappa shape index (κ1) is 31.5. The van der Waals surface area contributed by atoms with Crippen LogP contribution in [0.15, 0.2) is 78.9 Å². The molecule has 3 aromatic carbocycles. The Morgan fingerprint density at radius 1 is 0.932 bits per heavy atom. The second-order valence-electron chi connectivity index (χ2n) is 10.9. The van der Waals surface area contributed by atoms with Crippen LogP contribution in [-0.4, -0.2) is 46.4 Å². The van der Waals surface area contributed by atoms with Gasteiger partial charge in [0.05, 0.1) is 18.9 Å². The molecule has 4 rings (SSSR count). The maximum Gasteiger partial charge on any atom is 0.407 e. The first-order chi connectivity index (χ1) is 21.0. The summed E-state index contributed by atoms with van der Waals surface area (Å²) in [6, 6.07) is 23.0. The number of carbonyl (C=O) groups excluding carboxylic acids is 3. The number of nitrogens with zero attached hydrogens (tertiary/aromatic N) is 2. The Labute approximate surface area is 256 Å². The van der Waals surface area contributed by atoms with Crippen molar-refractivity contribution in [2.45, 2.75) is 33.0 Å². The van der Waals surface area contributed by atoms with Gasteiger partial charge in [0.25, 0.3) is 11.8 Å². The molecular weight excluding hydrogens is 558 g/mol. The number of hydrogen-bond acceptors (Lipinski definition) is 6. The van der Waals surface area contributed by atoms with Crippen molar-refractivity contribution in [3.8, 4) is 23.6 Å². The zero-order valence-electron chi connectivity index (χ0n) is 25.1. The number of carbonyl (C=O) groups is 3. The maximum atomic E-state index is 13.1. The van der Waals surface area contributed by atoms with Crippen LogP contribution in [-0.2, 0) is 23.1 Å². The molecule has 0 fully saturated rings. The second kappa shape index (κ2) is 14.2. The monoisotopic (exact) mass is 593 g/mol. The van der Waals surface area contributed by atoms with Gasteiger partial charge >= 0.3 is 6.09 Å². The second-order valence-corrected chi connectivity index (χ2v) is 10.9. The van der Waals surface area contributed by atoms with E-state index in [1.165, 1.54) is 0 Å². The summed E-state index contributed by atoms with van der Waals surface area (Å²) in [6.45, 7) is 6.12. The van der Waals surface area contributed by atoms with Gasteiger partial charge in [0.15, 0.2) is 0 Å². The number of benzene rings is 3. The molecule has 4 aromatic rings. The normalized spacial score (nSPS) is 10.9. The van der Waals surface area contributed by atoms with Crippen molar-refractivity contribution in [2.24, 2.45) is 7.05 Å². The molecule has 0 saturated carbocycles. The lowest BCUT2D eigenvalue weighted by Gasteiger charge is -2.19. The van der Waals surface area contributed by atoms with Gasteiger partial charge in [0, 0.05) is 47.6 Å². The molecule has 10 heteroatoms. The predicted molar refractivity (Wildman–Crippen MR) is 169 cm³/mol. The predicted octanol–water partition coefficient (Wildman–Crippen LogP) is 5.61. The number of rotatable bonds is 10. The number of terminal acetylenes is 1. The first-order valence-corrected chi connectivity index (χ1v) is 14.0. The van der Waals surface area contributed by atoms with E-state index in [-0.39, 0.29) is 31.6 Å². The molecule has 1 aromatic heterocycles. The third-order valence-corrected chi connectivity index (χ3v) is 6.29. The van der Waals surface area contributed by atoms with Gasteiger partial charge in [-0.25, -0.2) is 4.79 Å². The van der Waals surface area contributed by atoms with E-state index in [1.807, 2.05) is 24.3 Å². The summed E-state index contributed by atoms with van der Waals surface area (Å²) in [4.78, 5) is 37.6. The van der Waals surface area contributed by atoms with Crippen molar-refractivity contribution >= 4 is 29.4 Å². The largest absolute Gasteiger partial charge is 0.444 e. The Bertz CT molecular complexity index is 1680. The standard InChI is InChI=1S/C34H35N5O5/c1-6-23-10-9-12-25(20-23)31(40)37-30-21-29(38-39(30)5)24-14-16-27(17-15-24)36-32(41)28-13-8-7-11-26(28)22-43-19-18-35-33(42)44-34(2,3)4/h1,7-17,20-21H,18-19,22H2,2-5H3,(H,35,42)(H,36,41)(H,37,40). The summed E-state index contributed by atoms with van der Waals surface area (Å²) in [5, 5.41) is 12.9. The van der Waals surface area contributed by atoms with Gasteiger partial charge in [-0.2, -0.15) is 5.10 Å². The van der Waals surface area contributed by atoms with Gasteiger partial charge in [-0.3, -0.25) is 14.3 Å². The molecule has 0 aliphatic carbocycles. The Hall–Kier alpha value is -5.40. The molecule has 0 bridgehead atoms. The van der Waals surface area contributed by atoms with Crippen molar-refractivity contribution in [3.05, 3.63) is 101 Å². The molecule has 0 unspecified atom stereocenters. The molecule has 10 nitrogen and oxygen atoms in total. The molecule has 0 spiro atoms. The quantitative estimate of drug-likeness (QED) is 0.162. The Kier molecular flexibility index (Phi) is 10.2. The van der Waals surface area contributed by atoms with Gasteiger partial charge in [0.1, 0.15) is 11.4 Å². The van der Waals surface area contributed by atoms with Crippen LogP contribution in [0.2, 0.25) is 0 Å². The van der Waals surface area contributed by atoms with E-state index >= 15 is 0 Å². The Balaban J connectivity index is 1.33. The van der Waals surface area contributed by atoms with E-state index in [1.54, 1.807) is 87.1 Å². The molecule has 0 radical (unpaired) electrons. The van der Waals surface area contributed by atoms with Crippen LogP contribution in [0, 0.1) is 12.3 Å². The molecule has 3 N–H and O–H groups in total. The average Bonchev–Trinajstić information content (AvgIpc) is 3.36. The lowest BCUT2D eigenvalue weighted by atomic mass is 10.1. The summed E-state index contributed by atoms with van der Waals surface area (Å²) in [7, 11) is 1.74. The summed E-state index contributed by atoms with van der Waals surface area (Å²) in [5.74, 6) is 2.48. The number of amides is 3. The molecule has 44 heavy (non-hydrogen) atoms. The fourth-order valence-corrected chi connectivity index (χ4v) is 4.18. The smallest absolute Gasteiger partial charge is 0.407 e. The maximum absolute atomic E-state index is 13.1. The van der Waals surface area contributed by atoms with E-state index in [9.17, 15) is 14.4 Å². The highest BCUT2D eigenvalue weighted by Gasteiger charge is 2.16. The molecular formula is C34H35N5O5. The van der Waals surface area contributed by atoms with Gasteiger partial charge in [-0.15, -0.1) is 6.42 Å². The van der Waals surface area contributed by atoms with E-state index < -0.39 is 11.7 Å². The molecule has 1 heterocycles. The van der Waals surface area contributed by atoms with E-state index in [0.717, 1.165) is 5.56 Å². The number of aryl methyl sites for hydroxylation is 1. The van der Waals surface area contributed by atoms with Gasteiger partial charge < -0.3 is 25.4 Å². The lowest BCUT2D eigenvalue weighted by Crippen LogP contribution is -2.34. The summed E-state index contributed by atoms with van der Waals surface area (Å²) < 4.78 is 12.5. The third-order valence-electron chi connectivity index (χ3n) is 6.29. The number of nitrogens with one attached hydrogen (secondary N) is 3. The van der Waals surface area contributed by atoms with E-state index in [0.29, 0.717) is 39.5 Å². The fourth-order valence-electron chi connectivity index (χ4n) is 4.18. The summed E-state index contributed by atoms with van der Waals surface area (Å²) in [6.07, 6.45) is 4.94. The highest BCUT2D eigenvalue weighted by molar-refractivity contribution is 6.05. The number of hydrogen-bond donors (Lipinski definition) is 3. The number of anilines is 2. The minimum Gasteiger partial charge on any atom is -0.444 e. The lowest BCUT2D eigenvalue weighted by molar-refractivity contribution is 0.0493. The highest BCUT2D eigenvalue weighted by Crippen LogP contribution is 2.24. The van der Waals surface area contributed by atoms with Crippen molar-refractivity contribution in [1.82, 2.24) is 15.1 Å². The van der Waals surface area contributed by atoms with Crippen LogP contribution in [0.3, 0.4) is 0 Å². The minimum atomic E-state index is -0.574. The highest BCUT2D eigenvalue weighted by atomic mass is 16.6. The number of ether oxygens (including phenoxy) is 2. The minimum absolute atomic E-state index is 0.201. The van der Waals surface area contributed by atoms with E-state index in [4.69, 9.17) is 15.9 Å². The number of aromatic nitrogens is 2. The van der Waals surface area contributed by atoms with Crippen LogP contribution >= 0.6 is 0 Å². The Morgan fingerprint density at radius 3 is 2.41 bits per heavy atom. The van der Waals surface area contributed by atoms with Crippen LogP contribution in [0.4, 0.5) is 16.3 Å². The summed E-state index contributed by atoms with van der Waals surface area (Å²) in [5.41, 5.74) is 3.76. The summed E-state index contributed by atoms with van der Waals surface area (Å²) >= 11 is 0. The number of alkyl carbamates (subject to hydrolysis) is 1. The zero-order chi connectivity index (χ0) is 31.7. The zero-order valence-corrected chi connectivity index (χ0v) is 25.1. The van der Waals surface area contributed by atoms with Crippen LogP contribution in [0.25, 0.3) is 11.3 Å². The van der Waals surface area contributed by atoms with Gasteiger partial charge in [0.2, 0.25) is 0 Å². The van der Waals surface area contributed by atoms with Crippen molar-refractivity contribution in [1.29, 1.82) is 0 Å². The Morgan fingerprint density at radius 2 is 1.68 bits per heavy atom. The molecule has 226 valence electrons. The molecule has 0 saturated heterocycles. The molecule has 0 atom stereocenters. The average molecular weight is 594 g/mol. The van der Waals surface area contributed by atoms with E-state index in [2.05, 4.69) is 27.0 Å². The van der Waals surface area contributed by atoms with Gasteiger partial charge in [-0.05, 0) is 62.7 Å². The molecule has 0 aliphatic rings. The third kappa shape index (κ3) is 8.80.